The van der Waals surface area contributed by atoms with Gasteiger partial charge in [-0.15, -0.1) is 0 Å². The van der Waals surface area contributed by atoms with Gasteiger partial charge in [0.15, 0.2) is 0 Å². The molecule has 2 aliphatic carbocycles. The molecule has 1 nitrogen and oxygen atoms in total. The maximum Gasteiger partial charge on any atom is 0.128 e. The van der Waals surface area contributed by atoms with Crippen molar-refractivity contribution >= 4 is 11.6 Å². The minimum Gasteiger partial charge on any atom is -0.311 e. The van der Waals surface area contributed by atoms with Gasteiger partial charge in [-0.2, -0.15) is 0 Å². The van der Waals surface area contributed by atoms with Crippen molar-refractivity contribution in [2.75, 3.05) is 6.54 Å². The SMILES string of the molecule is CC(C)(C)NCC1(c2c(F)cccc2Cl)CC2(CC2)C1. The standard InChI is InChI=1S/C17H23ClFN/c1-15(2,3)20-11-17(9-16(10-17)7-8-16)14-12(18)5-4-6-13(14)19/h4-6,20H,7-11H2,1-3H3. The molecule has 0 unspecified atom stereocenters. The van der Waals surface area contributed by atoms with Gasteiger partial charge in [-0.05, 0) is 64.0 Å². The van der Waals surface area contributed by atoms with Gasteiger partial charge in [0.2, 0.25) is 0 Å². The van der Waals surface area contributed by atoms with Gasteiger partial charge in [-0.1, -0.05) is 17.7 Å². The zero-order valence-electron chi connectivity index (χ0n) is 12.5. The second-order valence-electron chi connectivity index (χ2n) is 7.83. The van der Waals surface area contributed by atoms with Gasteiger partial charge in [0.05, 0.1) is 0 Å². The van der Waals surface area contributed by atoms with Crippen LogP contribution in [0.5, 0.6) is 0 Å². The zero-order chi connectivity index (χ0) is 14.6. The maximum absolute atomic E-state index is 14.3. The molecule has 0 radical (unpaired) electrons. The van der Waals surface area contributed by atoms with Crippen molar-refractivity contribution in [1.29, 1.82) is 0 Å². The predicted octanol–water partition coefficient (Wildman–Crippen LogP) is 4.68. The molecule has 1 N–H and O–H groups in total. The molecule has 2 saturated carbocycles. The van der Waals surface area contributed by atoms with Crippen LogP contribution in [0.4, 0.5) is 4.39 Å². The van der Waals surface area contributed by atoms with Crippen LogP contribution in [0.25, 0.3) is 0 Å². The van der Waals surface area contributed by atoms with E-state index in [2.05, 4.69) is 26.1 Å². The van der Waals surface area contributed by atoms with Gasteiger partial charge in [-0.25, -0.2) is 4.39 Å². The Morgan fingerprint density at radius 3 is 2.40 bits per heavy atom. The largest absolute Gasteiger partial charge is 0.311 e. The van der Waals surface area contributed by atoms with E-state index in [9.17, 15) is 4.39 Å². The van der Waals surface area contributed by atoms with E-state index in [1.54, 1.807) is 6.07 Å². The number of nitrogens with one attached hydrogen (secondary N) is 1. The summed E-state index contributed by atoms with van der Waals surface area (Å²) in [6.07, 6.45) is 4.75. The molecule has 1 aromatic rings. The normalized spacial score (nSPS) is 22.6. The zero-order valence-corrected chi connectivity index (χ0v) is 13.3. The predicted molar refractivity (Wildman–Crippen MR) is 81.7 cm³/mol. The smallest absolute Gasteiger partial charge is 0.128 e. The molecule has 2 aliphatic rings. The molecule has 0 aliphatic heterocycles. The third-order valence-corrected chi connectivity index (χ3v) is 5.15. The summed E-state index contributed by atoms with van der Waals surface area (Å²) in [5, 5.41) is 4.14. The second kappa shape index (κ2) is 4.45. The van der Waals surface area contributed by atoms with Crippen LogP contribution in [-0.4, -0.2) is 12.1 Å². The van der Waals surface area contributed by atoms with Crippen molar-refractivity contribution in [3.05, 3.63) is 34.6 Å². The van der Waals surface area contributed by atoms with Crippen LogP contribution >= 0.6 is 11.6 Å². The van der Waals surface area contributed by atoms with E-state index in [4.69, 9.17) is 11.6 Å². The third-order valence-electron chi connectivity index (χ3n) is 4.83. The summed E-state index contributed by atoms with van der Waals surface area (Å²) in [4.78, 5) is 0. The molecule has 3 heteroatoms. The Kier molecular flexibility index (Phi) is 3.19. The molecule has 0 amide bonds. The molecule has 0 bridgehead atoms. The van der Waals surface area contributed by atoms with Crippen molar-refractivity contribution in [2.24, 2.45) is 5.41 Å². The van der Waals surface area contributed by atoms with E-state index in [1.807, 2.05) is 6.07 Å². The Bertz CT molecular complexity index is 500. The van der Waals surface area contributed by atoms with Crippen molar-refractivity contribution in [2.45, 2.75) is 57.4 Å². The number of hydrogen-bond donors (Lipinski definition) is 1. The lowest BCUT2D eigenvalue weighted by molar-refractivity contribution is 0.104. The summed E-state index contributed by atoms with van der Waals surface area (Å²) >= 11 is 6.32. The first-order valence-corrected chi connectivity index (χ1v) is 7.83. The Morgan fingerprint density at radius 1 is 1.25 bits per heavy atom. The summed E-state index contributed by atoms with van der Waals surface area (Å²) in [6, 6.07) is 5.05. The molecule has 0 saturated heterocycles. The van der Waals surface area contributed by atoms with Gasteiger partial charge in [0, 0.05) is 28.1 Å². The van der Waals surface area contributed by atoms with Gasteiger partial charge < -0.3 is 5.32 Å². The van der Waals surface area contributed by atoms with Gasteiger partial charge in [0.1, 0.15) is 5.82 Å². The molecular weight excluding hydrogens is 273 g/mol. The summed E-state index contributed by atoms with van der Waals surface area (Å²) < 4.78 is 14.3. The summed E-state index contributed by atoms with van der Waals surface area (Å²) in [5.41, 5.74) is 1.16. The monoisotopic (exact) mass is 295 g/mol. The first-order chi connectivity index (χ1) is 9.25. The lowest BCUT2D eigenvalue weighted by Gasteiger charge is -2.51. The third kappa shape index (κ3) is 2.48. The fourth-order valence-electron chi connectivity index (χ4n) is 3.74. The maximum atomic E-state index is 14.3. The summed E-state index contributed by atoms with van der Waals surface area (Å²) in [6.45, 7) is 7.25. The van der Waals surface area contributed by atoms with Gasteiger partial charge in [0.25, 0.3) is 0 Å². The van der Waals surface area contributed by atoms with Crippen molar-refractivity contribution in [3.8, 4) is 0 Å². The number of rotatable bonds is 3. The fourth-order valence-corrected chi connectivity index (χ4v) is 4.11. The van der Waals surface area contributed by atoms with E-state index in [1.165, 1.54) is 18.9 Å². The minimum atomic E-state index is -0.149. The highest BCUT2D eigenvalue weighted by molar-refractivity contribution is 6.31. The van der Waals surface area contributed by atoms with Crippen LogP contribution in [0.2, 0.25) is 5.02 Å². The van der Waals surface area contributed by atoms with Crippen molar-refractivity contribution in [3.63, 3.8) is 0 Å². The number of halogens is 2. The molecule has 20 heavy (non-hydrogen) atoms. The summed E-state index contributed by atoms with van der Waals surface area (Å²) in [7, 11) is 0. The quantitative estimate of drug-likeness (QED) is 0.854. The molecule has 1 spiro atoms. The highest BCUT2D eigenvalue weighted by Crippen LogP contribution is 2.69. The average molecular weight is 296 g/mol. The molecule has 0 aromatic heterocycles. The Balaban J connectivity index is 1.90. The van der Waals surface area contributed by atoms with Crippen LogP contribution < -0.4 is 5.32 Å². The van der Waals surface area contributed by atoms with E-state index in [-0.39, 0.29) is 16.8 Å². The van der Waals surface area contributed by atoms with Crippen LogP contribution in [-0.2, 0) is 5.41 Å². The number of hydrogen-bond acceptors (Lipinski definition) is 1. The topological polar surface area (TPSA) is 12.0 Å². The minimum absolute atomic E-state index is 0.0387. The highest BCUT2D eigenvalue weighted by Gasteiger charge is 2.62. The highest BCUT2D eigenvalue weighted by atomic mass is 35.5. The van der Waals surface area contributed by atoms with E-state index < -0.39 is 0 Å². The second-order valence-corrected chi connectivity index (χ2v) is 8.24. The Morgan fingerprint density at radius 2 is 1.90 bits per heavy atom. The van der Waals surface area contributed by atoms with Crippen LogP contribution in [0.3, 0.4) is 0 Å². The van der Waals surface area contributed by atoms with Crippen molar-refractivity contribution in [1.82, 2.24) is 5.32 Å². The van der Waals surface area contributed by atoms with Gasteiger partial charge in [-0.3, -0.25) is 0 Å². The Labute approximate surface area is 125 Å². The van der Waals surface area contributed by atoms with E-state index in [0.29, 0.717) is 10.4 Å². The number of benzene rings is 1. The summed E-state index contributed by atoms with van der Waals surface area (Å²) in [5.74, 6) is -0.149. The van der Waals surface area contributed by atoms with Crippen LogP contribution in [0.15, 0.2) is 18.2 Å². The van der Waals surface area contributed by atoms with E-state index in [0.717, 1.165) is 24.9 Å². The average Bonchev–Trinajstić information content (AvgIpc) is 3.04. The molecule has 0 atom stereocenters. The molecule has 3 rings (SSSR count). The molecular formula is C17H23ClFN. The molecule has 110 valence electrons. The Hall–Kier alpha value is -0.600. The lowest BCUT2D eigenvalue weighted by Crippen LogP contribution is -2.53. The molecule has 2 fully saturated rings. The van der Waals surface area contributed by atoms with Crippen molar-refractivity contribution < 1.29 is 4.39 Å². The van der Waals surface area contributed by atoms with Crippen LogP contribution in [0, 0.1) is 11.2 Å². The molecule has 0 heterocycles. The lowest BCUT2D eigenvalue weighted by atomic mass is 9.56. The molecule has 1 aromatic carbocycles. The van der Waals surface area contributed by atoms with E-state index >= 15 is 0 Å². The fraction of sp³-hybridized carbons (Fsp3) is 0.647. The van der Waals surface area contributed by atoms with Crippen LogP contribution in [0.1, 0.15) is 52.0 Å². The first-order valence-electron chi connectivity index (χ1n) is 7.45. The van der Waals surface area contributed by atoms with Gasteiger partial charge >= 0.3 is 0 Å². The first kappa shape index (κ1) is 14.3.